The second-order valence-corrected chi connectivity index (χ2v) is 7.52. The van der Waals surface area contributed by atoms with Gasteiger partial charge in [-0.15, -0.1) is 0 Å². The van der Waals surface area contributed by atoms with Crippen molar-refractivity contribution in [2.45, 2.75) is 77.8 Å². The zero-order valence-corrected chi connectivity index (χ0v) is 13.4. The molecule has 2 aliphatic rings. The number of carbonyl (C=O) groups is 1. The lowest BCUT2D eigenvalue weighted by atomic mass is 9.72. The van der Waals surface area contributed by atoms with Crippen LogP contribution >= 0.6 is 0 Å². The molecule has 0 aromatic rings. The Balaban J connectivity index is 1.87. The highest BCUT2D eigenvalue weighted by molar-refractivity contribution is 5.79. The Morgan fingerprint density at radius 1 is 1.00 bits per heavy atom. The molecule has 2 aliphatic carbocycles. The van der Waals surface area contributed by atoms with Crippen molar-refractivity contribution in [1.29, 1.82) is 0 Å². The van der Waals surface area contributed by atoms with Crippen molar-refractivity contribution in [2.24, 2.45) is 29.4 Å². The lowest BCUT2D eigenvalue weighted by molar-refractivity contribution is -0.129. The van der Waals surface area contributed by atoms with E-state index in [1.807, 2.05) is 0 Å². The summed E-state index contributed by atoms with van der Waals surface area (Å²) >= 11 is 0. The highest BCUT2D eigenvalue weighted by atomic mass is 16.2. The summed E-state index contributed by atoms with van der Waals surface area (Å²) in [6.07, 6.45) is 8.06. The molecule has 0 heterocycles. The van der Waals surface area contributed by atoms with Crippen molar-refractivity contribution in [3.8, 4) is 0 Å². The van der Waals surface area contributed by atoms with Crippen LogP contribution in [0.25, 0.3) is 0 Å². The molecule has 6 atom stereocenters. The SMILES string of the molecule is CC1CCCC(NC(=O)C2CC(N)C(C)CC2C)CC1. The molecule has 116 valence electrons. The van der Waals surface area contributed by atoms with Gasteiger partial charge in [-0.1, -0.05) is 33.6 Å². The smallest absolute Gasteiger partial charge is 0.223 e. The minimum Gasteiger partial charge on any atom is -0.353 e. The van der Waals surface area contributed by atoms with Crippen LogP contribution in [0, 0.1) is 23.7 Å². The molecule has 0 aromatic heterocycles. The van der Waals surface area contributed by atoms with E-state index < -0.39 is 0 Å². The van der Waals surface area contributed by atoms with Gasteiger partial charge in [0.15, 0.2) is 0 Å². The lowest BCUT2D eigenvalue weighted by Crippen LogP contribution is -2.47. The molecule has 3 heteroatoms. The first-order valence-electron chi connectivity index (χ1n) is 8.53. The lowest BCUT2D eigenvalue weighted by Gasteiger charge is -2.36. The largest absolute Gasteiger partial charge is 0.353 e. The van der Waals surface area contributed by atoms with Crippen LogP contribution in [-0.4, -0.2) is 18.0 Å². The van der Waals surface area contributed by atoms with Gasteiger partial charge >= 0.3 is 0 Å². The van der Waals surface area contributed by atoms with Gasteiger partial charge in [-0.3, -0.25) is 4.79 Å². The summed E-state index contributed by atoms with van der Waals surface area (Å²) in [4.78, 5) is 12.6. The Morgan fingerprint density at radius 2 is 1.75 bits per heavy atom. The van der Waals surface area contributed by atoms with Gasteiger partial charge in [0.05, 0.1) is 0 Å². The van der Waals surface area contributed by atoms with E-state index in [1.165, 1.54) is 19.3 Å². The molecule has 6 unspecified atom stereocenters. The molecule has 2 saturated carbocycles. The van der Waals surface area contributed by atoms with E-state index in [2.05, 4.69) is 26.1 Å². The molecular formula is C17H32N2O. The minimum absolute atomic E-state index is 0.127. The van der Waals surface area contributed by atoms with Crippen LogP contribution in [0.4, 0.5) is 0 Å². The maximum Gasteiger partial charge on any atom is 0.223 e. The van der Waals surface area contributed by atoms with Crippen LogP contribution < -0.4 is 11.1 Å². The van der Waals surface area contributed by atoms with E-state index >= 15 is 0 Å². The van der Waals surface area contributed by atoms with Crippen LogP contribution in [0.5, 0.6) is 0 Å². The minimum atomic E-state index is 0.127. The third-order valence-electron chi connectivity index (χ3n) is 5.63. The first-order chi connectivity index (χ1) is 9.47. The highest BCUT2D eigenvalue weighted by Gasteiger charge is 2.35. The fraction of sp³-hybridized carbons (Fsp3) is 0.941. The van der Waals surface area contributed by atoms with E-state index in [1.54, 1.807) is 0 Å². The molecule has 0 aliphatic heterocycles. The monoisotopic (exact) mass is 280 g/mol. The molecule has 0 bridgehead atoms. The number of hydrogen-bond donors (Lipinski definition) is 2. The Bertz CT molecular complexity index is 331. The molecule has 0 aromatic carbocycles. The van der Waals surface area contributed by atoms with Crippen molar-refractivity contribution in [2.75, 3.05) is 0 Å². The second-order valence-electron chi connectivity index (χ2n) is 7.52. The van der Waals surface area contributed by atoms with Crippen molar-refractivity contribution < 1.29 is 4.79 Å². The summed E-state index contributed by atoms with van der Waals surface area (Å²) < 4.78 is 0. The third kappa shape index (κ3) is 3.97. The van der Waals surface area contributed by atoms with Crippen LogP contribution in [0.15, 0.2) is 0 Å². The Labute approximate surface area is 124 Å². The second kappa shape index (κ2) is 6.93. The van der Waals surface area contributed by atoms with Crippen LogP contribution in [-0.2, 0) is 4.79 Å². The summed E-state index contributed by atoms with van der Waals surface area (Å²) in [6, 6.07) is 0.589. The Morgan fingerprint density at radius 3 is 2.50 bits per heavy atom. The molecular weight excluding hydrogens is 248 g/mol. The number of amides is 1. The molecule has 3 nitrogen and oxygen atoms in total. The highest BCUT2D eigenvalue weighted by Crippen LogP contribution is 2.33. The summed E-state index contributed by atoms with van der Waals surface area (Å²) in [5.74, 6) is 2.23. The molecule has 20 heavy (non-hydrogen) atoms. The van der Waals surface area contributed by atoms with Crippen LogP contribution in [0.3, 0.4) is 0 Å². The number of nitrogens with one attached hydrogen (secondary N) is 1. The van der Waals surface area contributed by atoms with Crippen LogP contribution in [0.2, 0.25) is 0 Å². The van der Waals surface area contributed by atoms with Gasteiger partial charge in [-0.25, -0.2) is 0 Å². The van der Waals surface area contributed by atoms with E-state index in [4.69, 9.17) is 5.73 Å². The molecule has 0 saturated heterocycles. The van der Waals surface area contributed by atoms with Gasteiger partial charge in [0.25, 0.3) is 0 Å². The van der Waals surface area contributed by atoms with E-state index in [9.17, 15) is 4.79 Å². The topological polar surface area (TPSA) is 55.1 Å². The zero-order valence-electron chi connectivity index (χ0n) is 13.4. The molecule has 2 fully saturated rings. The number of carbonyl (C=O) groups excluding carboxylic acids is 1. The Kier molecular flexibility index (Phi) is 5.48. The van der Waals surface area contributed by atoms with Gasteiger partial charge in [0.2, 0.25) is 5.91 Å². The summed E-state index contributed by atoms with van der Waals surface area (Å²) in [7, 11) is 0. The normalized spacial score (nSPS) is 42.8. The average molecular weight is 280 g/mol. The number of hydrogen-bond acceptors (Lipinski definition) is 2. The average Bonchev–Trinajstić information content (AvgIpc) is 2.59. The van der Waals surface area contributed by atoms with Crippen molar-refractivity contribution in [3.63, 3.8) is 0 Å². The summed E-state index contributed by atoms with van der Waals surface area (Å²) in [6.45, 7) is 6.75. The molecule has 1 amide bonds. The fourth-order valence-electron chi connectivity index (χ4n) is 3.99. The summed E-state index contributed by atoms with van der Waals surface area (Å²) in [5.41, 5.74) is 6.17. The molecule has 0 radical (unpaired) electrons. The van der Waals surface area contributed by atoms with Gasteiger partial charge in [0.1, 0.15) is 0 Å². The van der Waals surface area contributed by atoms with Crippen molar-refractivity contribution in [3.05, 3.63) is 0 Å². The van der Waals surface area contributed by atoms with Gasteiger partial charge in [-0.05, 0) is 49.9 Å². The predicted molar refractivity (Wildman–Crippen MR) is 83.2 cm³/mol. The standard InChI is InChI=1S/C17H32N2O/c1-11-5-4-6-14(8-7-11)19-17(20)15-10-16(18)13(3)9-12(15)2/h11-16H,4-10,18H2,1-3H3,(H,19,20). The predicted octanol–water partition coefficient (Wildman–Crippen LogP) is 3.08. The number of rotatable bonds is 2. The molecule has 3 N–H and O–H groups in total. The van der Waals surface area contributed by atoms with Gasteiger partial charge < -0.3 is 11.1 Å². The first kappa shape index (κ1) is 15.8. The maximum absolute atomic E-state index is 12.6. The summed E-state index contributed by atoms with van der Waals surface area (Å²) in [5, 5.41) is 3.32. The van der Waals surface area contributed by atoms with Crippen molar-refractivity contribution >= 4 is 5.91 Å². The fourth-order valence-corrected chi connectivity index (χ4v) is 3.99. The Hall–Kier alpha value is -0.570. The van der Waals surface area contributed by atoms with E-state index in [0.29, 0.717) is 17.9 Å². The molecule has 0 spiro atoms. The van der Waals surface area contributed by atoms with Crippen LogP contribution in [0.1, 0.15) is 65.7 Å². The van der Waals surface area contributed by atoms with E-state index in [0.717, 1.165) is 31.6 Å². The van der Waals surface area contributed by atoms with Gasteiger partial charge in [0, 0.05) is 18.0 Å². The van der Waals surface area contributed by atoms with E-state index in [-0.39, 0.29) is 17.9 Å². The molecule has 2 rings (SSSR count). The maximum atomic E-state index is 12.6. The zero-order chi connectivity index (χ0) is 14.7. The third-order valence-corrected chi connectivity index (χ3v) is 5.63. The number of nitrogens with two attached hydrogens (primary N) is 1. The van der Waals surface area contributed by atoms with Gasteiger partial charge in [-0.2, -0.15) is 0 Å². The van der Waals surface area contributed by atoms with Crippen molar-refractivity contribution in [1.82, 2.24) is 5.32 Å². The first-order valence-corrected chi connectivity index (χ1v) is 8.53. The quantitative estimate of drug-likeness (QED) is 0.764.